The number of benzene rings is 2. The number of rotatable bonds is 5. The summed E-state index contributed by atoms with van der Waals surface area (Å²) in [5.41, 5.74) is 1.40. The van der Waals surface area contributed by atoms with Gasteiger partial charge in [-0.3, -0.25) is 4.79 Å². The summed E-state index contributed by atoms with van der Waals surface area (Å²) in [6.45, 7) is 1.90. The molecule has 2 aromatic rings. The van der Waals surface area contributed by atoms with Gasteiger partial charge in [0.1, 0.15) is 16.4 Å². The topological polar surface area (TPSA) is 60.4 Å². The third-order valence-electron chi connectivity index (χ3n) is 3.10. The van der Waals surface area contributed by atoms with Gasteiger partial charge >= 0.3 is 0 Å². The fraction of sp³-hybridized carbons (Fsp3) is 0.188. The highest BCUT2D eigenvalue weighted by Crippen LogP contribution is 2.24. The molecule has 0 atom stereocenters. The molecule has 0 heterocycles. The normalized spacial score (nSPS) is 11.1. The fourth-order valence-corrected chi connectivity index (χ4v) is 3.36. The van der Waals surface area contributed by atoms with Crippen LogP contribution in [0.15, 0.2) is 53.4 Å². The molecule has 0 saturated heterocycles. The third kappa shape index (κ3) is 3.49. The van der Waals surface area contributed by atoms with E-state index in [1.807, 2.05) is 6.92 Å². The molecule has 21 heavy (non-hydrogen) atoms. The van der Waals surface area contributed by atoms with Gasteiger partial charge in [0.25, 0.3) is 0 Å². The Labute approximate surface area is 124 Å². The number of carbonyl (C=O) groups excluding carboxylic acids is 1. The van der Waals surface area contributed by atoms with E-state index in [9.17, 15) is 13.2 Å². The number of carbonyl (C=O) groups is 1. The van der Waals surface area contributed by atoms with Crippen molar-refractivity contribution in [1.82, 2.24) is 0 Å². The zero-order valence-electron chi connectivity index (χ0n) is 11.9. The molecular formula is C16H16O4S. The van der Waals surface area contributed by atoms with Crippen LogP contribution in [-0.4, -0.2) is 27.1 Å². The van der Waals surface area contributed by atoms with E-state index in [1.165, 1.54) is 13.2 Å². The first-order valence-electron chi connectivity index (χ1n) is 6.39. The lowest BCUT2D eigenvalue weighted by molar-refractivity contribution is 0.102. The Morgan fingerprint density at radius 1 is 1.05 bits per heavy atom. The van der Waals surface area contributed by atoms with Crippen LogP contribution in [0, 0.1) is 6.92 Å². The summed E-state index contributed by atoms with van der Waals surface area (Å²) in [4.78, 5) is 12.2. The van der Waals surface area contributed by atoms with E-state index >= 15 is 0 Å². The van der Waals surface area contributed by atoms with Gasteiger partial charge in [-0.2, -0.15) is 0 Å². The van der Waals surface area contributed by atoms with Crippen LogP contribution in [0.2, 0.25) is 0 Å². The molecular weight excluding hydrogens is 288 g/mol. The summed E-state index contributed by atoms with van der Waals surface area (Å²) < 4.78 is 29.8. The number of methoxy groups -OCH3 is 1. The first kappa shape index (κ1) is 15.3. The van der Waals surface area contributed by atoms with Crippen LogP contribution in [0.4, 0.5) is 0 Å². The Bertz CT molecular complexity index is 746. The van der Waals surface area contributed by atoms with Crippen molar-refractivity contribution in [3.05, 3.63) is 59.7 Å². The van der Waals surface area contributed by atoms with Gasteiger partial charge in [-0.1, -0.05) is 42.0 Å². The quantitative estimate of drug-likeness (QED) is 0.797. The number of para-hydroxylation sites is 1. The van der Waals surface area contributed by atoms with E-state index in [-0.39, 0.29) is 10.6 Å². The van der Waals surface area contributed by atoms with Gasteiger partial charge in [-0.25, -0.2) is 8.42 Å². The predicted octanol–water partition coefficient (Wildman–Crippen LogP) is 2.66. The molecule has 0 aliphatic heterocycles. The van der Waals surface area contributed by atoms with Gasteiger partial charge < -0.3 is 4.74 Å². The van der Waals surface area contributed by atoms with E-state index in [1.54, 1.807) is 42.5 Å². The van der Waals surface area contributed by atoms with Crippen molar-refractivity contribution in [2.75, 3.05) is 12.9 Å². The Morgan fingerprint density at radius 2 is 1.67 bits per heavy atom. The maximum atomic E-state index is 12.4. The molecule has 0 aliphatic rings. The smallest absolute Gasteiger partial charge is 0.189 e. The standard InChI is InChI=1S/C16H16O4S/c1-12-7-9-13(10-8-12)14(17)11-21(18,19)16-6-4-3-5-15(16)20-2/h3-10H,11H2,1-2H3. The molecule has 2 rings (SSSR count). The highest BCUT2D eigenvalue weighted by Gasteiger charge is 2.23. The highest BCUT2D eigenvalue weighted by molar-refractivity contribution is 7.92. The van der Waals surface area contributed by atoms with Crippen molar-refractivity contribution >= 4 is 15.6 Å². The second kappa shape index (κ2) is 6.10. The maximum absolute atomic E-state index is 12.4. The maximum Gasteiger partial charge on any atom is 0.189 e. The lowest BCUT2D eigenvalue weighted by Gasteiger charge is -2.09. The first-order chi connectivity index (χ1) is 9.94. The van der Waals surface area contributed by atoms with E-state index in [0.29, 0.717) is 5.56 Å². The van der Waals surface area contributed by atoms with Crippen LogP contribution in [0.5, 0.6) is 5.75 Å². The number of ketones is 1. The van der Waals surface area contributed by atoms with Gasteiger partial charge in [0, 0.05) is 5.56 Å². The number of hydrogen-bond donors (Lipinski definition) is 0. The molecule has 5 heteroatoms. The third-order valence-corrected chi connectivity index (χ3v) is 4.75. The second-order valence-corrected chi connectivity index (χ2v) is 6.66. The minimum Gasteiger partial charge on any atom is -0.495 e. The van der Waals surface area contributed by atoms with E-state index in [2.05, 4.69) is 0 Å². The number of hydrogen-bond acceptors (Lipinski definition) is 4. The van der Waals surface area contributed by atoms with Crippen LogP contribution < -0.4 is 4.74 Å². The highest BCUT2D eigenvalue weighted by atomic mass is 32.2. The van der Waals surface area contributed by atoms with Crippen molar-refractivity contribution in [3.63, 3.8) is 0 Å². The Kier molecular flexibility index (Phi) is 4.43. The van der Waals surface area contributed by atoms with Crippen molar-refractivity contribution in [3.8, 4) is 5.75 Å². The molecule has 0 radical (unpaired) electrons. The lowest BCUT2D eigenvalue weighted by atomic mass is 10.1. The largest absolute Gasteiger partial charge is 0.495 e. The molecule has 4 nitrogen and oxygen atoms in total. The number of aryl methyl sites for hydroxylation is 1. The van der Waals surface area contributed by atoms with Crippen LogP contribution in [-0.2, 0) is 9.84 Å². The van der Waals surface area contributed by atoms with E-state index < -0.39 is 21.4 Å². The van der Waals surface area contributed by atoms with Crippen LogP contribution >= 0.6 is 0 Å². The zero-order chi connectivity index (χ0) is 15.5. The lowest BCUT2D eigenvalue weighted by Crippen LogP contribution is -2.17. The Hall–Kier alpha value is -2.14. The molecule has 0 fully saturated rings. The molecule has 0 saturated carbocycles. The predicted molar refractivity (Wildman–Crippen MR) is 80.6 cm³/mol. The van der Waals surface area contributed by atoms with E-state index in [0.717, 1.165) is 5.56 Å². The molecule has 110 valence electrons. The van der Waals surface area contributed by atoms with Gasteiger partial charge in [0.2, 0.25) is 0 Å². The van der Waals surface area contributed by atoms with Crippen molar-refractivity contribution in [1.29, 1.82) is 0 Å². The van der Waals surface area contributed by atoms with Crippen molar-refractivity contribution < 1.29 is 17.9 Å². The Balaban J connectivity index is 2.29. The van der Waals surface area contributed by atoms with E-state index in [4.69, 9.17) is 4.74 Å². The summed E-state index contributed by atoms with van der Waals surface area (Å²) in [7, 11) is -2.34. The molecule has 2 aromatic carbocycles. The zero-order valence-corrected chi connectivity index (χ0v) is 12.7. The molecule has 0 N–H and O–H groups in total. The molecule has 0 unspecified atom stereocenters. The van der Waals surface area contributed by atoms with Crippen LogP contribution in [0.25, 0.3) is 0 Å². The molecule has 0 amide bonds. The number of Topliss-reactive ketones (excluding diaryl/α,β-unsaturated/α-hetero) is 1. The minimum atomic E-state index is -3.74. The van der Waals surface area contributed by atoms with Crippen LogP contribution in [0.1, 0.15) is 15.9 Å². The number of ether oxygens (including phenoxy) is 1. The molecule has 0 aliphatic carbocycles. The van der Waals surface area contributed by atoms with Gasteiger partial charge in [0.05, 0.1) is 7.11 Å². The monoisotopic (exact) mass is 304 g/mol. The minimum absolute atomic E-state index is 0.0351. The molecule has 0 spiro atoms. The van der Waals surface area contributed by atoms with Crippen LogP contribution in [0.3, 0.4) is 0 Å². The van der Waals surface area contributed by atoms with Gasteiger partial charge in [-0.05, 0) is 19.1 Å². The first-order valence-corrected chi connectivity index (χ1v) is 8.05. The molecule has 0 aromatic heterocycles. The summed E-state index contributed by atoms with van der Waals surface area (Å²) in [5, 5.41) is 0. The van der Waals surface area contributed by atoms with Crippen molar-refractivity contribution in [2.24, 2.45) is 0 Å². The average Bonchev–Trinajstić information content (AvgIpc) is 2.47. The summed E-state index contributed by atoms with van der Waals surface area (Å²) in [6.07, 6.45) is 0. The summed E-state index contributed by atoms with van der Waals surface area (Å²) in [6, 6.07) is 13.1. The molecule has 0 bridgehead atoms. The van der Waals surface area contributed by atoms with Crippen molar-refractivity contribution in [2.45, 2.75) is 11.8 Å². The second-order valence-electron chi connectivity index (χ2n) is 4.70. The summed E-state index contributed by atoms with van der Waals surface area (Å²) >= 11 is 0. The SMILES string of the molecule is COc1ccccc1S(=O)(=O)CC(=O)c1ccc(C)cc1. The number of sulfone groups is 1. The summed E-state index contributed by atoms with van der Waals surface area (Å²) in [5.74, 6) is -0.758. The fourth-order valence-electron chi connectivity index (χ4n) is 1.95. The Morgan fingerprint density at radius 3 is 2.29 bits per heavy atom. The van der Waals surface area contributed by atoms with Gasteiger partial charge in [-0.15, -0.1) is 0 Å². The van der Waals surface area contributed by atoms with Gasteiger partial charge in [0.15, 0.2) is 15.6 Å². The average molecular weight is 304 g/mol.